The molecule has 0 fully saturated rings. The van der Waals surface area contributed by atoms with Crippen LogP contribution in [0.25, 0.3) is 0 Å². The molecule has 1 atom stereocenters. The van der Waals surface area contributed by atoms with Crippen LogP contribution in [0.5, 0.6) is 11.5 Å². The van der Waals surface area contributed by atoms with Crippen molar-refractivity contribution in [1.82, 2.24) is 0 Å². The van der Waals surface area contributed by atoms with E-state index < -0.39 is 12.6 Å². The van der Waals surface area contributed by atoms with Crippen LogP contribution >= 0.6 is 19.4 Å². The quantitative estimate of drug-likeness (QED) is 0.652. The van der Waals surface area contributed by atoms with Crippen molar-refractivity contribution in [3.05, 3.63) is 60.2 Å². The fraction of sp³-hybridized carbons (Fsp3) is 0.278. The lowest BCUT2D eigenvalue weighted by Crippen LogP contribution is -2.07. The summed E-state index contributed by atoms with van der Waals surface area (Å²) in [7, 11) is -4.29. The van der Waals surface area contributed by atoms with Crippen LogP contribution in [-0.4, -0.2) is 19.9 Å². The van der Waals surface area contributed by atoms with E-state index in [0.717, 1.165) is 23.1 Å². The molecule has 0 aliphatic rings. The van der Waals surface area contributed by atoms with Crippen molar-refractivity contribution >= 4 is 24.5 Å². The molecule has 0 aliphatic carbocycles. The first kappa shape index (κ1) is 19.7. The Morgan fingerprint density at radius 3 is 2.44 bits per heavy atom. The lowest BCUT2D eigenvalue weighted by Gasteiger charge is -2.16. The van der Waals surface area contributed by atoms with Crippen LogP contribution in [-0.2, 0) is 15.8 Å². The van der Waals surface area contributed by atoms with E-state index in [1.807, 2.05) is 54.6 Å². The average molecular weight is 380 g/mol. The van der Waals surface area contributed by atoms with E-state index in [9.17, 15) is 19.1 Å². The van der Waals surface area contributed by atoms with Crippen LogP contribution in [0.3, 0.4) is 0 Å². The van der Waals surface area contributed by atoms with Crippen LogP contribution in [0.1, 0.15) is 25.3 Å². The molecule has 0 spiro atoms. The van der Waals surface area contributed by atoms with E-state index in [2.05, 4.69) is 0 Å². The maximum Gasteiger partial charge on any atom is 0.338 e. The molecule has 0 heterocycles. The Morgan fingerprint density at radius 2 is 1.80 bits per heavy atom. The van der Waals surface area contributed by atoms with Gasteiger partial charge in [-0.15, -0.1) is 0 Å². The van der Waals surface area contributed by atoms with Crippen molar-refractivity contribution in [1.29, 1.82) is 0 Å². The molecular formula is C18H21O5PS. The zero-order chi connectivity index (χ0) is 18.3. The van der Waals surface area contributed by atoms with Crippen molar-refractivity contribution in [2.75, 3.05) is 0 Å². The van der Waals surface area contributed by atoms with E-state index in [4.69, 9.17) is 4.74 Å². The highest BCUT2D eigenvalue weighted by Crippen LogP contribution is 2.49. The number of para-hydroxylation sites is 1. The second-order valence-corrected chi connectivity index (χ2v) is 9.14. The molecule has 0 saturated heterocycles. The minimum absolute atomic E-state index is 0.276. The third kappa shape index (κ3) is 7.04. The largest absolute Gasteiger partial charge is 0.457 e. The second kappa shape index (κ2) is 9.20. The van der Waals surface area contributed by atoms with Gasteiger partial charge in [-0.2, -0.15) is 0 Å². The van der Waals surface area contributed by atoms with E-state index >= 15 is 0 Å². The topological polar surface area (TPSA) is 83.8 Å². The molecule has 2 aromatic carbocycles. The summed E-state index contributed by atoms with van der Waals surface area (Å²) in [6.07, 6.45) is 1.50. The number of benzene rings is 2. The highest BCUT2D eigenvalue weighted by Gasteiger charge is 2.30. The van der Waals surface area contributed by atoms with Crippen LogP contribution in [0.4, 0.5) is 0 Å². The SMILES string of the molecule is CC(=O)SC(CCCc1cccc(Oc2ccccc2)c1)P(=O)(O)O. The Kier molecular flexibility index (Phi) is 7.26. The number of carbonyl (C=O) groups is 1. The van der Waals surface area contributed by atoms with Gasteiger partial charge in [0, 0.05) is 6.92 Å². The van der Waals surface area contributed by atoms with Gasteiger partial charge in [0.1, 0.15) is 16.5 Å². The maximum absolute atomic E-state index is 11.5. The van der Waals surface area contributed by atoms with Gasteiger partial charge < -0.3 is 14.5 Å². The Hall–Kier alpha value is -1.59. The third-order valence-electron chi connectivity index (χ3n) is 3.47. The van der Waals surface area contributed by atoms with E-state index in [1.54, 1.807) is 0 Å². The minimum Gasteiger partial charge on any atom is -0.457 e. The highest BCUT2D eigenvalue weighted by atomic mass is 32.2. The first-order chi connectivity index (χ1) is 11.8. The van der Waals surface area contributed by atoms with Gasteiger partial charge in [-0.05, 0) is 49.1 Å². The van der Waals surface area contributed by atoms with E-state index in [1.165, 1.54) is 6.92 Å². The Balaban J connectivity index is 1.93. The summed E-state index contributed by atoms with van der Waals surface area (Å²) in [4.78, 5) is 28.9. The molecule has 2 rings (SSSR count). The summed E-state index contributed by atoms with van der Waals surface area (Å²) in [5.41, 5.74) is 1.02. The second-order valence-electron chi connectivity index (χ2n) is 5.61. The third-order valence-corrected chi connectivity index (χ3v) is 6.46. The monoisotopic (exact) mass is 380 g/mol. The van der Waals surface area contributed by atoms with Gasteiger partial charge in [0.25, 0.3) is 0 Å². The highest BCUT2D eigenvalue weighted by molar-refractivity contribution is 8.17. The van der Waals surface area contributed by atoms with Gasteiger partial charge in [-0.25, -0.2) is 0 Å². The van der Waals surface area contributed by atoms with Gasteiger partial charge in [0.2, 0.25) is 0 Å². The molecule has 5 nitrogen and oxygen atoms in total. The predicted octanol–water partition coefficient (Wildman–Crippen LogP) is 4.59. The maximum atomic E-state index is 11.5. The van der Waals surface area contributed by atoms with Crippen LogP contribution < -0.4 is 4.74 Å². The van der Waals surface area contributed by atoms with Crippen molar-refractivity contribution in [3.8, 4) is 11.5 Å². The molecule has 134 valence electrons. The van der Waals surface area contributed by atoms with Gasteiger partial charge in [0.05, 0.1) is 0 Å². The zero-order valence-corrected chi connectivity index (χ0v) is 15.6. The molecule has 2 aromatic rings. The number of aryl methyl sites for hydroxylation is 1. The molecule has 0 aliphatic heterocycles. The average Bonchev–Trinajstić information content (AvgIpc) is 2.54. The Bertz CT molecular complexity index is 744. The number of rotatable bonds is 8. The summed E-state index contributed by atoms with van der Waals surface area (Å²) in [6.45, 7) is 1.32. The molecule has 0 aromatic heterocycles. The molecule has 0 amide bonds. The minimum atomic E-state index is -4.29. The normalized spacial score (nSPS) is 12.6. The molecule has 7 heteroatoms. The summed E-state index contributed by atoms with van der Waals surface area (Å²) < 4.78 is 17.2. The summed E-state index contributed by atoms with van der Waals surface area (Å²) in [5.74, 6) is 1.47. The molecule has 0 bridgehead atoms. The molecule has 2 N–H and O–H groups in total. The van der Waals surface area contributed by atoms with Gasteiger partial charge in [0.15, 0.2) is 5.12 Å². The van der Waals surface area contributed by atoms with Crippen molar-refractivity contribution < 1.29 is 23.9 Å². The van der Waals surface area contributed by atoms with Crippen LogP contribution in [0.15, 0.2) is 54.6 Å². The first-order valence-electron chi connectivity index (χ1n) is 7.89. The summed E-state index contributed by atoms with van der Waals surface area (Å²) in [5, 5.41) is -0.286. The lowest BCUT2D eigenvalue weighted by molar-refractivity contribution is -0.109. The smallest absolute Gasteiger partial charge is 0.338 e. The van der Waals surface area contributed by atoms with Crippen molar-refractivity contribution in [3.63, 3.8) is 0 Å². The molecular weight excluding hydrogens is 359 g/mol. The molecule has 0 saturated carbocycles. The van der Waals surface area contributed by atoms with Gasteiger partial charge in [-0.3, -0.25) is 9.36 Å². The first-order valence-corrected chi connectivity index (χ1v) is 10.4. The fourth-order valence-corrected chi connectivity index (χ4v) is 4.54. The lowest BCUT2D eigenvalue weighted by atomic mass is 10.1. The summed E-state index contributed by atoms with van der Waals surface area (Å²) in [6, 6.07) is 17.1. The van der Waals surface area contributed by atoms with Crippen LogP contribution in [0, 0.1) is 0 Å². The van der Waals surface area contributed by atoms with Gasteiger partial charge >= 0.3 is 7.60 Å². The predicted molar refractivity (Wildman–Crippen MR) is 100 cm³/mol. The standard InChI is InChI=1S/C18H21O5PS/c1-14(19)25-18(24(20,21)22)12-6-8-15-7-5-11-17(13-15)23-16-9-3-2-4-10-16/h2-5,7,9-11,13,18H,6,8,12H2,1H3,(H2,20,21,22). The zero-order valence-electron chi connectivity index (χ0n) is 13.9. The molecule has 25 heavy (non-hydrogen) atoms. The van der Waals surface area contributed by atoms with E-state index in [0.29, 0.717) is 18.6 Å². The Morgan fingerprint density at radius 1 is 1.12 bits per heavy atom. The number of carbonyl (C=O) groups excluding carboxylic acids is 1. The number of hydrogen-bond acceptors (Lipinski definition) is 4. The van der Waals surface area contributed by atoms with Crippen molar-refractivity contribution in [2.45, 2.75) is 31.2 Å². The fourth-order valence-electron chi connectivity index (χ4n) is 2.36. The molecule has 1 unspecified atom stereocenters. The van der Waals surface area contributed by atoms with Crippen molar-refractivity contribution in [2.24, 2.45) is 0 Å². The van der Waals surface area contributed by atoms with E-state index in [-0.39, 0.29) is 11.5 Å². The molecule has 0 radical (unpaired) electrons. The number of thioether (sulfide) groups is 1. The summed E-state index contributed by atoms with van der Waals surface area (Å²) >= 11 is 0.720. The Labute approximate surface area is 151 Å². The van der Waals surface area contributed by atoms with Gasteiger partial charge in [-0.1, -0.05) is 42.1 Å². The number of hydrogen-bond donors (Lipinski definition) is 2. The number of ether oxygens (including phenoxy) is 1. The van der Waals surface area contributed by atoms with Crippen LogP contribution in [0.2, 0.25) is 0 Å².